The van der Waals surface area contributed by atoms with E-state index in [2.05, 4.69) is 32.7 Å². The summed E-state index contributed by atoms with van der Waals surface area (Å²) in [6, 6.07) is 9.72. The summed E-state index contributed by atoms with van der Waals surface area (Å²) in [4.78, 5) is 31.3. The molecular weight excluding hydrogens is 449 g/mol. The Bertz CT molecular complexity index is 1110. The maximum absolute atomic E-state index is 12.3. The van der Waals surface area contributed by atoms with E-state index >= 15 is 0 Å². The molecule has 2 aromatic heterocycles. The van der Waals surface area contributed by atoms with Crippen molar-refractivity contribution < 1.29 is 14.3 Å². The number of aromatic nitrogens is 2. The smallest absolute Gasteiger partial charge is 0.253 e. The summed E-state index contributed by atoms with van der Waals surface area (Å²) in [5.74, 6) is -0.726. The summed E-state index contributed by atoms with van der Waals surface area (Å²) in [5, 5.41) is 8.13. The van der Waals surface area contributed by atoms with Crippen LogP contribution in [0.1, 0.15) is 10.4 Å². The number of anilines is 2. The van der Waals surface area contributed by atoms with E-state index in [1.54, 1.807) is 24.2 Å². The molecule has 0 bridgehead atoms. The summed E-state index contributed by atoms with van der Waals surface area (Å²) in [7, 11) is 1.74. The maximum Gasteiger partial charge on any atom is 0.253 e. The van der Waals surface area contributed by atoms with Crippen LogP contribution in [0.25, 0.3) is 11.3 Å². The zero-order valence-corrected chi connectivity index (χ0v) is 19.1. The molecule has 0 unspecified atom stereocenters. The van der Waals surface area contributed by atoms with E-state index in [0.717, 1.165) is 43.2 Å². The van der Waals surface area contributed by atoms with Crippen LogP contribution in [-0.2, 0) is 9.53 Å². The summed E-state index contributed by atoms with van der Waals surface area (Å²) in [6.07, 6.45) is 1.60. The lowest BCUT2D eigenvalue weighted by molar-refractivity contribution is -0.115. The van der Waals surface area contributed by atoms with Crippen molar-refractivity contribution in [3.63, 3.8) is 0 Å². The lowest BCUT2D eigenvalue weighted by Crippen LogP contribution is -2.36. The number of carbonyl (C=O) groups excluding carboxylic acids is 2. The Labute approximate surface area is 195 Å². The van der Waals surface area contributed by atoms with Gasteiger partial charge in [0.05, 0.1) is 36.2 Å². The number of rotatable bonds is 7. The fourth-order valence-electron chi connectivity index (χ4n) is 3.35. The second-order valence-electron chi connectivity index (χ2n) is 7.14. The van der Waals surface area contributed by atoms with Crippen LogP contribution in [0, 0.1) is 0 Å². The van der Waals surface area contributed by atoms with E-state index in [0.29, 0.717) is 15.8 Å². The van der Waals surface area contributed by atoms with Crippen LogP contribution in [0.5, 0.6) is 0 Å². The minimum Gasteiger partial charge on any atom is -0.387 e. The number of nitrogens with zero attached hydrogens (tertiary/aromatic N) is 3. The zero-order valence-electron chi connectivity index (χ0n) is 17.5. The molecule has 1 fully saturated rings. The quantitative estimate of drug-likeness (QED) is 0.518. The Morgan fingerprint density at radius 1 is 1.28 bits per heavy atom. The largest absolute Gasteiger partial charge is 0.387 e. The molecule has 0 saturated carbocycles. The molecule has 165 valence electrons. The van der Waals surface area contributed by atoms with Crippen LogP contribution in [-0.4, -0.2) is 61.5 Å². The molecule has 4 rings (SSSR count). The van der Waals surface area contributed by atoms with Crippen molar-refractivity contribution in [1.29, 1.82) is 0 Å². The molecule has 11 heteroatoms. The molecule has 1 aromatic carbocycles. The van der Waals surface area contributed by atoms with Gasteiger partial charge in [0, 0.05) is 35.9 Å². The van der Waals surface area contributed by atoms with Gasteiger partial charge in [0.2, 0.25) is 13.3 Å². The van der Waals surface area contributed by atoms with Crippen LogP contribution in [0.15, 0.2) is 41.9 Å². The Morgan fingerprint density at radius 3 is 2.84 bits per heavy atom. The first kappa shape index (κ1) is 22.4. The van der Waals surface area contributed by atoms with Crippen molar-refractivity contribution in [3.05, 3.63) is 52.6 Å². The molecule has 0 atom stereocenters. The number of morpholine rings is 1. The van der Waals surface area contributed by atoms with Crippen molar-refractivity contribution >= 4 is 53.0 Å². The highest BCUT2D eigenvalue weighted by Crippen LogP contribution is 2.28. The molecule has 1 aliphatic heterocycles. The van der Waals surface area contributed by atoms with E-state index in [9.17, 15) is 9.59 Å². The number of halogens is 1. The fourth-order valence-corrected chi connectivity index (χ4v) is 4.35. The van der Waals surface area contributed by atoms with Crippen molar-refractivity contribution in [3.8, 4) is 11.3 Å². The molecule has 32 heavy (non-hydrogen) atoms. The maximum atomic E-state index is 12.3. The van der Waals surface area contributed by atoms with Crippen molar-refractivity contribution in [2.24, 2.45) is 0 Å². The minimum atomic E-state index is -0.373. The number of hydrogen-bond acceptors (Lipinski definition) is 6. The predicted octanol–water partition coefficient (Wildman–Crippen LogP) is 2.99. The molecule has 1 saturated heterocycles. The number of hydrogen-bond donors (Lipinski definition) is 2. The Morgan fingerprint density at radius 2 is 2.09 bits per heavy atom. The number of benzene rings is 1. The number of carbonyl (C=O) groups is 2. The third-order valence-corrected chi connectivity index (χ3v) is 6.08. The first-order valence-corrected chi connectivity index (χ1v) is 11.4. The van der Waals surface area contributed by atoms with Gasteiger partial charge in [0.25, 0.3) is 5.91 Å². The molecule has 1 aliphatic rings. The summed E-state index contributed by atoms with van der Waals surface area (Å²) in [5.41, 5.74) is 3.28. The number of ether oxygens (including phenoxy) is 1. The van der Waals surface area contributed by atoms with Crippen LogP contribution >= 0.6 is 22.9 Å². The van der Waals surface area contributed by atoms with E-state index < -0.39 is 0 Å². The average Bonchev–Trinajstić information content (AvgIpc) is 3.44. The fraction of sp³-hybridized carbons (Fsp3) is 0.286. The van der Waals surface area contributed by atoms with Crippen LogP contribution in [0.3, 0.4) is 0 Å². The Kier molecular flexibility index (Phi) is 7.14. The topological polar surface area (TPSA) is 88.5 Å². The van der Waals surface area contributed by atoms with Crippen LogP contribution in [0.2, 0.25) is 12.0 Å². The highest BCUT2D eigenvalue weighted by molar-refractivity contribution is 7.14. The van der Waals surface area contributed by atoms with E-state index in [-0.39, 0.29) is 18.4 Å². The molecule has 2 N–H and O–H groups in total. The molecule has 8 nitrogen and oxygen atoms in total. The van der Waals surface area contributed by atoms with Gasteiger partial charge in [0.15, 0.2) is 5.13 Å². The Balaban J connectivity index is 1.33. The molecule has 0 aliphatic carbocycles. The molecule has 0 spiro atoms. The summed E-state index contributed by atoms with van der Waals surface area (Å²) in [6.45, 7) is 4.82. The minimum absolute atomic E-state index is 0.168. The monoisotopic (exact) mass is 470 g/mol. The van der Waals surface area contributed by atoms with Gasteiger partial charge >= 0.3 is 0 Å². The van der Waals surface area contributed by atoms with Gasteiger partial charge in [-0.05, 0) is 18.2 Å². The van der Waals surface area contributed by atoms with E-state index in [4.69, 9.17) is 16.3 Å². The third-order valence-electron chi connectivity index (χ3n) is 5.02. The van der Waals surface area contributed by atoms with Gasteiger partial charge in [0.1, 0.15) is 0 Å². The van der Waals surface area contributed by atoms with Gasteiger partial charge in [-0.1, -0.05) is 30.6 Å². The molecule has 1 radical (unpaired) electrons. The van der Waals surface area contributed by atoms with E-state index in [1.807, 2.05) is 24.3 Å². The van der Waals surface area contributed by atoms with Gasteiger partial charge in [-0.15, -0.1) is 11.3 Å². The third kappa shape index (κ3) is 5.32. The molecule has 3 heterocycles. The van der Waals surface area contributed by atoms with Gasteiger partial charge < -0.3 is 24.7 Å². The molecule has 2 amide bonds. The standard InChI is InChI=1S/C21H22BClN5O3S/c1-22-28-12-15(10-18(28)23)20(30)24-11-19(29)26-21-25-17(13-32-21)14-3-2-4-16(9-14)27-5-7-31-8-6-27/h2-4,9-10,12-13H,5-8,11H2,1H3,(H,24,30)(H,25,26,29). The van der Waals surface area contributed by atoms with Crippen molar-refractivity contribution in [2.45, 2.75) is 6.82 Å². The first-order chi connectivity index (χ1) is 15.5. The Hall–Kier alpha value is -2.82. The van der Waals surface area contributed by atoms with Crippen molar-refractivity contribution in [2.75, 3.05) is 43.1 Å². The second-order valence-corrected chi connectivity index (χ2v) is 8.38. The predicted molar refractivity (Wildman–Crippen MR) is 128 cm³/mol. The second kappa shape index (κ2) is 10.2. The molecular formula is C21H22BClN5O3S. The van der Waals surface area contributed by atoms with Crippen LogP contribution in [0.4, 0.5) is 10.8 Å². The van der Waals surface area contributed by atoms with E-state index in [1.165, 1.54) is 11.3 Å². The number of amides is 2. The van der Waals surface area contributed by atoms with Gasteiger partial charge in [-0.3, -0.25) is 9.59 Å². The lowest BCUT2D eigenvalue weighted by Gasteiger charge is -2.29. The summed E-state index contributed by atoms with van der Waals surface area (Å²) < 4.78 is 7.05. The first-order valence-electron chi connectivity index (χ1n) is 10.2. The summed E-state index contributed by atoms with van der Waals surface area (Å²) >= 11 is 7.36. The average molecular weight is 471 g/mol. The normalized spacial score (nSPS) is 13.6. The van der Waals surface area contributed by atoms with Crippen LogP contribution < -0.4 is 15.5 Å². The van der Waals surface area contributed by atoms with Crippen molar-refractivity contribution in [1.82, 2.24) is 14.8 Å². The highest BCUT2D eigenvalue weighted by atomic mass is 35.5. The SMILES string of the molecule is C[B]n1cc(C(=O)NCC(=O)Nc2nc(-c3cccc(N4CCOCC4)c3)cs2)cc1Cl. The zero-order chi connectivity index (χ0) is 22.5. The van der Waals surface area contributed by atoms with Gasteiger partial charge in [-0.2, -0.15) is 0 Å². The number of thiazole rings is 1. The lowest BCUT2D eigenvalue weighted by atomic mass is 10.0. The highest BCUT2D eigenvalue weighted by Gasteiger charge is 2.15. The van der Waals surface area contributed by atoms with Gasteiger partial charge in [-0.25, -0.2) is 4.98 Å². The number of nitrogens with one attached hydrogen (secondary N) is 2. The molecule has 3 aromatic rings.